The van der Waals surface area contributed by atoms with Gasteiger partial charge in [0, 0.05) is 24.0 Å². The van der Waals surface area contributed by atoms with E-state index in [4.69, 9.17) is 0 Å². The van der Waals surface area contributed by atoms with Crippen LogP contribution in [-0.4, -0.2) is 15.8 Å². The predicted octanol–water partition coefficient (Wildman–Crippen LogP) is 3.92. The number of aryl methyl sites for hydroxylation is 1. The van der Waals surface area contributed by atoms with E-state index in [2.05, 4.69) is 5.32 Å². The zero-order valence-electron chi connectivity index (χ0n) is 12.8. The van der Waals surface area contributed by atoms with Crippen molar-refractivity contribution in [3.63, 3.8) is 0 Å². The fourth-order valence-electron chi connectivity index (χ4n) is 2.10. The largest absolute Gasteiger partial charge is 0.320 e. The zero-order chi connectivity index (χ0) is 17.9. The van der Waals surface area contributed by atoms with E-state index in [0.717, 1.165) is 11.8 Å². The van der Waals surface area contributed by atoms with Gasteiger partial charge in [-0.05, 0) is 24.6 Å². The van der Waals surface area contributed by atoms with Crippen molar-refractivity contribution in [3.05, 3.63) is 62.2 Å². The van der Waals surface area contributed by atoms with E-state index in [1.165, 1.54) is 19.1 Å². The molecule has 0 radical (unpaired) electrons. The lowest BCUT2D eigenvalue weighted by Crippen LogP contribution is -2.09. The number of para-hydroxylation sites is 1. The minimum atomic E-state index is -0.595. The Morgan fingerprint density at radius 1 is 1.08 bits per heavy atom. The van der Waals surface area contributed by atoms with Crippen molar-refractivity contribution in [3.8, 4) is 0 Å². The number of amides is 1. The van der Waals surface area contributed by atoms with E-state index in [0.29, 0.717) is 15.4 Å². The molecule has 8 nitrogen and oxygen atoms in total. The Bertz CT molecular complexity index is 838. The van der Waals surface area contributed by atoms with E-state index in [-0.39, 0.29) is 17.1 Å². The molecule has 0 aliphatic rings. The van der Waals surface area contributed by atoms with Gasteiger partial charge in [-0.1, -0.05) is 23.9 Å². The van der Waals surface area contributed by atoms with Crippen LogP contribution in [0, 0.1) is 27.2 Å². The maximum Gasteiger partial charge on any atom is 0.294 e. The number of benzene rings is 2. The summed E-state index contributed by atoms with van der Waals surface area (Å²) in [5, 5.41) is 24.8. The number of nitrogens with zero attached hydrogens (tertiary/aromatic N) is 2. The van der Waals surface area contributed by atoms with Gasteiger partial charge in [0.05, 0.1) is 14.7 Å². The Hall–Kier alpha value is -2.94. The van der Waals surface area contributed by atoms with E-state index >= 15 is 0 Å². The van der Waals surface area contributed by atoms with Crippen LogP contribution in [0.15, 0.2) is 46.2 Å². The van der Waals surface area contributed by atoms with Crippen LogP contribution in [0.2, 0.25) is 0 Å². The number of anilines is 1. The van der Waals surface area contributed by atoms with E-state index in [1.807, 2.05) is 0 Å². The van der Waals surface area contributed by atoms with Crippen LogP contribution in [0.3, 0.4) is 0 Å². The third-order valence-electron chi connectivity index (χ3n) is 3.08. The zero-order valence-corrected chi connectivity index (χ0v) is 13.6. The SMILES string of the molecule is CC(=O)Nc1c(C)cc(Sc2ccccc2[N+](=O)[O-])cc1[N+](=O)[O-]. The average Bonchev–Trinajstić information content (AvgIpc) is 2.49. The number of rotatable bonds is 5. The Morgan fingerprint density at radius 2 is 1.71 bits per heavy atom. The first-order valence-corrected chi connectivity index (χ1v) is 7.59. The molecule has 0 fully saturated rings. The molecule has 2 aromatic rings. The average molecular weight is 347 g/mol. The van der Waals surface area contributed by atoms with Gasteiger partial charge in [-0.15, -0.1) is 0 Å². The highest BCUT2D eigenvalue weighted by Crippen LogP contribution is 2.39. The Balaban J connectivity index is 2.48. The molecule has 1 N–H and O–H groups in total. The molecule has 124 valence electrons. The quantitative estimate of drug-likeness (QED) is 0.647. The van der Waals surface area contributed by atoms with Crippen LogP contribution in [0.4, 0.5) is 17.1 Å². The van der Waals surface area contributed by atoms with Crippen LogP contribution < -0.4 is 5.32 Å². The lowest BCUT2D eigenvalue weighted by atomic mass is 10.1. The maximum atomic E-state index is 11.3. The van der Waals surface area contributed by atoms with Gasteiger partial charge in [-0.3, -0.25) is 25.0 Å². The highest BCUT2D eigenvalue weighted by Gasteiger charge is 2.21. The second-order valence-electron chi connectivity index (χ2n) is 4.90. The molecule has 0 aliphatic heterocycles. The van der Waals surface area contributed by atoms with Gasteiger partial charge >= 0.3 is 0 Å². The molecular formula is C15H13N3O5S. The maximum absolute atomic E-state index is 11.3. The number of nitro benzene ring substituents is 2. The predicted molar refractivity (Wildman–Crippen MR) is 89.4 cm³/mol. The third kappa shape index (κ3) is 3.87. The normalized spacial score (nSPS) is 10.2. The molecule has 0 unspecified atom stereocenters. The van der Waals surface area contributed by atoms with Gasteiger partial charge in [-0.2, -0.15) is 0 Å². The molecule has 1 amide bonds. The summed E-state index contributed by atoms with van der Waals surface area (Å²) < 4.78 is 0. The first kappa shape index (κ1) is 17.4. The number of hydrogen-bond acceptors (Lipinski definition) is 6. The molecule has 24 heavy (non-hydrogen) atoms. The summed E-state index contributed by atoms with van der Waals surface area (Å²) >= 11 is 1.06. The summed E-state index contributed by atoms with van der Waals surface area (Å²) in [5.74, 6) is -0.416. The molecule has 0 aromatic heterocycles. The molecule has 0 bridgehead atoms. The second kappa shape index (κ2) is 7.09. The summed E-state index contributed by atoms with van der Waals surface area (Å²) in [4.78, 5) is 33.3. The fourth-order valence-corrected chi connectivity index (χ4v) is 3.15. The van der Waals surface area contributed by atoms with Crippen molar-refractivity contribution < 1.29 is 14.6 Å². The molecule has 0 heterocycles. The fraction of sp³-hybridized carbons (Fsp3) is 0.133. The number of nitro groups is 2. The molecule has 9 heteroatoms. The van der Waals surface area contributed by atoms with Gasteiger partial charge in [0.2, 0.25) is 5.91 Å². The van der Waals surface area contributed by atoms with Crippen LogP contribution in [0.5, 0.6) is 0 Å². The number of hydrogen-bond donors (Lipinski definition) is 1. The van der Waals surface area contributed by atoms with Crippen molar-refractivity contribution in [2.24, 2.45) is 0 Å². The molecule has 2 aromatic carbocycles. The lowest BCUT2D eigenvalue weighted by molar-refractivity contribution is -0.387. The van der Waals surface area contributed by atoms with Crippen molar-refractivity contribution in [2.45, 2.75) is 23.6 Å². The first-order valence-electron chi connectivity index (χ1n) is 6.77. The molecule has 0 saturated heterocycles. The lowest BCUT2D eigenvalue weighted by Gasteiger charge is -2.10. The summed E-state index contributed by atoms with van der Waals surface area (Å²) in [6.45, 7) is 2.89. The Morgan fingerprint density at radius 3 is 2.29 bits per heavy atom. The van der Waals surface area contributed by atoms with Crippen molar-refractivity contribution >= 4 is 34.7 Å². The monoisotopic (exact) mass is 347 g/mol. The number of carbonyl (C=O) groups is 1. The highest BCUT2D eigenvalue weighted by molar-refractivity contribution is 7.99. The van der Waals surface area contributed by atoms with Crippen molar-refractivity contribution in [1.29, 1.82) is 0 Å². The van der Waals surface area contributed by atoms with Crippen molar-refractivity contribution in [1.82, 2.24) is 0 Å². The minimum absolute atomic E-state index is 0.0752. The number of nitrogens with one attached hydrogen (secondary N) is 1. The van der Waals surface area contributed by atoms with Crippen molar-refractivity contribution in [2.75, 3.05) is 5.32 Å². The molecule has 0 aliphatic carbocycles. The van der Waals surface area contributed by atoms with Crippen LogP contribution in [0.25, 0.3) is 0 Å². The van der Waals surface area contributed by atoms with E-state index in [1.54, 1.807) is 31.2 Å². The van der Waals surface area contributed by atoms with Crippen LogP contribution in [-0.2, 0) is 4.79 Å². The molecule has 0 saturated carbocycles. The van der Waals surface area contributed by atoms with Gasteiger partial charge in [0.25, 0.3) is 11.4 Å². The molecule has 2 rings (SSSR count). The first-order chi connectivity index (χ1) is 11.3. The third-order valence-corrected chi connectivity index (χ3v) is 4.11. The Kier molecular flexibility index (Phi) is 5.14. The topological polar surface area (TPSA) is 115 Å². The Labute approximate surface area is 141 Å². The highest BCUT2D eigenvalue weighted by atomic mass is 32.2. The summed E-state index contributed by atoms with van der Waals surface area (Å²) in [7, 11) is 0. The minimum Gasteiger partial charge on any atom is -0.320 e. The molecule has 0 spiro atoms. The standard InChI is InChI=1S/C15H13N3O5S/c1-9-7-11(8-13(18(22)23)15(9)16-10(2)19)24-14-6-4-3-5-12(14)17(20)21/h3-8H,1-2H3,(H,16,19). The second-order valence-corrected chi connectivity index (χ2v) is 6.01. The van der Waals surface area contributed by atoms with Crippen LogP contribution in [0.1, 0.15) is 12.5 Å². The van der Waals surface area contributed by atoms with Gasteiger partial charge in [-0.25, -0.2) is 0 Å². The number of carbonyl (C=O) groups excluding carboxylic acids is 1. The van der Waals surface area contributed by atoms with E-state index < -0.39 is 15.8 Å². The van der Waals surface area contributed by atoms with Gasteiger partial charge < -0.3 is 5.32 Å². The molecule has 0 atom stereocenters. The summed E-state index contributed by atoms with van der Waals surface area (Å²) in [6, 6.07) is 9.08. The summed E-state index contributed by atoms with van der Waals surface area (Å²) in [6.07, 6.45) is 0. The van der Waals surface area contributed by atoms with Gasteiger partial charge in [0.1, 0.15) is 5.69 Å². The smallest absolute Gasteiger partial charge is 0.294 e. The van der Waals surface area contributed by atoms with E-state index in [9.17, 15) is 25.0 Å². The summed E-state index contributed by atoms with van der Waals surface area (Å²) in [5.41, 5.74) is 0.292. The molecular weight excluding hydrogens is 334 g/mol. The van der Waals surface area contributed by atoms with Crippen LogP contribution >= 0.6 is 11.8 Å². The van der Waals surface area contributed by atoms with Gasteiger partial charge in [0.15, 0.2) is 0 Å².